The van der Waals surface area contributed by atoms with Gasteiger partial charge in [-0.25, -0.2) is 0 Å². The normalized spacial score (nSPS) is 10.2. The number of allylic oxidation sites excluding steroid dienone is 1. The summed E-state index contributed by atoms with van der Waals surface area (Å²) in [5, 5.41) is 20.4. The van der Waals surface area contributed by atoms with Crippen LogP contribution in [0.3, 0.4) is 0 Å². The highest BCUT2D eigenvalue weighted by molar-refractivity contribution is 6.64. The maximum absolute atomic E-state index is 11.6. The van der Waals surface area contributed by atoms with E-state index in [9.17, 15) is 14.8 Å². The van der Waals surface area contributed by atoms with E-state index in [2.05, 4.69) is 6.58 Å². The van der Waals surface area contributed by atoms with Crippen molar-refractivity contribution in [1.82, 2.24) is 0 Å². The van der Waals surface area contributed by atoms with Crippen LogP contribution in [0, 0.1) is 0 Å². The first-order valence-electron chi connectivity index (χ1n) is 5.19. The topological polar surface area (TPSA) is 57.5 Å². The zero-order chi connectivity index (χ0) is 12.4. The standard InChI is InChI=1S/C13H11BO3/c1-2-12(15)11-8-7-9-5-3-4-6-10(9)13(11)14(16)17/h2-8,16-17H,1H2. The van der Waals surface area contributed by atoms with Gasteiger partial charge in [-0.2, -0.15) is 0 Å². The van der Waals surface area contributed by atoms with E-state index >= 15 is 0 Å². The molecule has 0 unspecified atom stereocenters. The van der Waals surface area contributed by atoms with Gasteiger partial charge in [-0.3, -0.25) is 4.79 Å². The van der Waals surface area contributed by atoms with Gasteiger partial charge in [-0.15, -0.1) is 0 Å². The molecular weight excluding hydrogens is 215 g/mol. The van der Waals surface area contributed by atoms with Gasteiger partial charge < -0.3 is 10.0 Å². The van der Waals surface area contributed by atoms with Crippen molar-refractivity contribution in [3.05, 3.63) is 54.6 Å². The molecule has 3 nitrogen and oxygen atoms in total. The predicted octanol–water partition coefficient (Wildman–Crippen LogP) is 0.888. The van der Waals surface area contributed by atoms with Crippen LogP contribution in [0.25, 0.3) is 10.8 Å². The van der Waals surface area contributed by atoms with E-state index in [0.29, 0.717) is 5.39 Å². The average molecular weight is 226 g/mol. The second-order valence-corrected chi connectivity index (χ2v) is 3.69. The fourth-order valence-electron chi connectivity index (χ4n) is 1.90. The predicted molar refractivity (Wildman–Crippen MR) is 68.3 cm³/mol. The summed E-state index contributed by atoms with van der Waals surface area (Å²) in [7, 11) is -1.68. The van der Waals surface area contributed by atoms with Gasteiger partial charge in [0.2, 0.25) is 0 Å². The number of carbonyl (C=O) groups is 1. The molecule has 0 aromatic heterocycles. The maximum atomic E-state index is 11.6. The van der Waals surface area contributed by atoms with Crippen molar-refractivity contribution in [2.24, 2.45) is 0 Å². The van der Waals surface area contributed by atoms with E-state index in [0.717, 1.165) is 11.5 Å². The van der Waals surface area contributed by atoms with Crippen LogP contribution in [0.15, 0.2) is 49.1 Å². The lowest BCUT2D eigenvalue weighted by Crippen LogP contribution is -2.35. The molecule has 0 heterocycles. The first-order valence-corrected chi connectivity index (χ1v) is 5.19. The molecule has 2 aromatic carbocycles. The Morgan fingerprint density at radius 1 is 1.18 bits per heavy atom. The van der Waals surface area contributed by atoms with E-state index in [4.69, 9.17) is 0 Å². The third kappa shape index (κ3) is 2.00. The van der Waals surface area contributed by atoms with Crippen LogP contribution >= 0.6 is 0 Å². The molecule has 0 saturated carbocycles. The molecule has 4 heteroatoms. The Bertz CT molecular complexity index is 590. The van der Waals surface area contributed by atoms with E-state index in [1.807, 2.05) is 12.1 Å². The minimum Gasteiger partial charge on any atom is -0.423 e. The number of fused-ring (bicyclic) bond motifs is 1. The maximum Gasteiger partial charge on any atom is 0.489 e. The van der Waals surface area contributed by atoms with Crippen molar-refractivity contribution < 1.29 is 14.8 Å². The van der Waals surface area contributed by atoms with Crippen LogP contribution in [0.5, 0.6) is 0 Å². The number of ketones is 1. The van der Waals surface area contributed by atoms with Crippen LogP contribution in [-0.4, -0.2) is 22.9 Å². The molecule has 2 N–H and O–H groups in total. The van der Waals surface area contributed by atoms with Gasteiger partial charge in [0.15, 0.2) is 5.78 Å². The SMILES string of the molecule is C=CC(=O)c1ccc2ccccc2c1B(O)O. The molecule has 0 fully saturated rings. The van der Waals surface area contributed by atoms with Gasteiger partial charge in [0, 0.05) is 11.0 Å². The van der Waals surface area contributed by atoms with Crippen LogP contribution in [0.1, 0.15) is 10.4 Å². The van der Waals surface area contributed by atoms with Crippen LogP contribution in [-0.2, 0) is 0 Å². The highest BCUT2D eigenvalue weighted by atomic mass is 16.4. The van der Waals surface area contributed by atoms with Crippen LogP contribution < -0.4 is 5.46 Å². The second kappa shape index (κ2) is 4.53. The molecule has 0 aliphatic carbocycles. The van der Waals surface area contributed by atoms with Gasteiger partial charge in [0.05, 0.1) is 0 Å². The number of rotatable bonds is 3. The van der Waals surface area contributed by atoms with Crippen molar-refractivity contribution in [2.45, 2.75) is 0 Å². The number of hydrogen-bond donors (Lipinski definition) is 2. The Balaban J connectivity index is 2.81. The lowest BCUT2D eigenvalue weighted by molar-refractivity contribution is 0.104. The van der Waals surface area contributed by atoms with Crippen molar-refractivity contribution in [3.63, 3.8) is 0 Å². The number of carbonyl (C=O) groups excluding carboxylic acids is 1. The van der Waals surface area contributed by atoms with Crippen molar-refractivity contribution >= 4 is 29.1 Å². The summed E-state index contributed by atoms with van der Waals surface area (Å²) >= 11 is 0. The van der Waals surface area contributed by atoms with Crippen molar-refractivity contribution in [1.29, 1.82) is 0 Å². The van der Waals surface area contributed by atoms with Gasteiger partial charge in [-0.05, 0) is 16.8 Å². The second-order valence-electron chi connectivity index (χ2n) is 3.69. The smallest absolute Gasteiger partial charge is 0.423 e. The first-order chi connectivity index (χ1) is 8.15. The minimum atomic E-state index is -1.68. The Morgan fingerprint density at radius 2 is 1.88 bits per heavy atom. The monoisotopic (exact) mass is 226 g/mol. The summed E-state index contributed by atoms with van der Waals surface area (Å²) in [5.41, 5.74) is 0.502. The Morgan fingerprint density at radius 3 is 2.53 bits per heavy atom. The number of benzene rings is 2. The van der Waals surface area contributed by atoms with Crippen molar-refractivity contribution in [3.8, 4) is 0 Å². The summed E-state index contributed by atoms with van der Waals surface area (Å²) in [5.74, 6) is -0.321. The molecule has 0 saturated heterocycles. The lowest BCUT2D eigenvalue weighted by Gasteiger charge is -2.10. The molecule has 84 valence electrons. The zero-order valence-electron chi connectivity index (χ0n) is 9.13. The molecular formula is C13H11BO3. The molecule has 0 amide bonds. The fourth-order valence-corrected chi connectivity index (χ4v) is 1.90. The Labute approximate surface area is 99.2 Å². The third-order valence-corrected chi connectivity index (χ3v) is 2.68. The lowest BCUT2D eigenvalue weighted by atomic mass is 9.73. The zero-order valence-corrected chi connectivity index (χ0v) is 9.13. The quantitative estimate of drug-likeness (QED) is 0.464. The van der Waals surface area contributed by atoms with Crippen LogP contribution in [0.4, 0.5) is 0 Å². The van der Waals surface area contributed by atoms with E-state index in [1.54, 1.807) is 24.3 Å². The number of hydrogen-bond acceptors (Lipinski definition) is 3. The highest BCUT2D eigenvalue weighted by Gasteiger charge is 2.21. The van der Waals surface area contributed by atoms with E-state index < -0.39 is 7.12 Å². The van der Waals surface area contributed by atoms with Gasteiger partial charge in [-0.1, -0.05) is 43.0 Å². The molecule has 0 radical (unpaired) electrons. The Kier molecular flexibility index (Phi) is 3.09. The van der Waals surface area contributed by atoms with E-state index in [-0.39, 0.29) is 16.8 Å². The summed E-state index contributed by atoms with van der Waals surface area (Å²) in [4.78, 5) is 11.6. The highest BCUT2D eigenvalue weighted by Crippen LogP contribution is 2.14. The fraction of sp³-hybridized carbons (Fsp3) is 0. The molecule has 0 aliphatic heterocycles. The molecule has 0 spiro atoms. The van der Waals surface area contributed by atoms with Gasteiger partial charge >= 0.3 is 7.12 Å². The summed E-state index contributed by atoms with van der Waals surface area (Å²) < 4.78 is 0. The summed E-state index contributed by atoms with van der Waals surface area (Å²) in [6, 6.07) is 10.6. The molecule has 2 aromatic rings. The molecule has 17 heavy (non-hydrogen) atoms. The first kappa shape index (κ1) is 11.6. The largest absolute Gasteiger partial charge is 0.489 e. The summed E-state index contributed by atoms with van der Waals surface area (Å²) in [6.45, 7) is 3.40. The molecule has 2 rings (SSSR count). The molecule has 0 aliphatic rings. The Hall–Kier alpha value is -1.91. The van der Waals surface area contributed by atoms with Gasteiger partial charge in [0.25, 0.3) is 0 Å². The average Bonchev–Trinajstić information content (AvgIpc) is 2.36. The van der Waals surface area contributed by atoms with Crippen LogP contribution in [0.2, 0.25) is 0 Å². The third-order valence-electron chi connectivity index (χ3n) is 2.68. The molecule has 0 atom stereocenters. The molecule has 0 bridgehead atoms. The minimum absolute atomic E-state index is 0.230. The van der Waals surface area contributed by atoms with E-state index in [1.165, 1.54) is 0 Å². The summed E-state index contributed by atoms with van der Waals surface area (Å²) in [6.07, 6.45) is 1.16. The van der Waals surface area contributed by atoms with Gasteiger partial charge in [0.1, 0.15) is 0 Å². The van der Waals surface area contributed by atoms with Crippen molar-refractivity contribution in [2.75, 3.05) is 0 Å².